The number of hydrogen-bond donors (Lipinski definition) is 4. The van der Waals surface area contributed by atoms with E-state index in [4.69, 9.17) is 0 Å². The van der Waals surface area contributed by atoms with E-state index < -0.39 is 16.8 Å². The molecule has 200 valence electrons. The fourth-order valence-electron chi connectivity index (χ4n) is 10.2. The molecular weight excluding hydrogens is 440 g/mol. The van der Waals surface area contributed by atoms with Crippen molar-refractivity contribution < 1.29 is 25.2 Å². The normalized spacial score (nSPS) is 47.8. The van der Waals surface area contributed by atoms with Gasteiger partial charge in [0.1, 0.15) is 0 Å². The lowest BCUT2D eigenvalue weighted by Crippen LogP contribution is -2.64. The van der Waals surface area contributed by atoms with E-state index in [1.807, 2.05) is 6.92 Å². The number of aliphatic carboxylic acids is 1. The molecule has 5 nitrogen and oxygen atoms in total. The van der Waals surface area contributed by atoms with Gasteiger partial charge < -0.3 is 20.4 Å². The highest BCUT2D eigenvalue weighted by Gasteiger charge is 2.68. The fourth-order valence-corrected chi connectivity index (χ4v) is 10.2. The Labute approximate surface area is 212 Å². The standard InChI is InChI=1S/C30H50O5/c1-19-9-12-30(25(34)35)14-13-28(5)21(24(30)20(19)2)7-8-23-27(4,15-16-31)22(10-11-29(23,28)6)26(3,17-32)18-33/h7,19-20,22-24,31-33H,8-18H2,1-6H3,(H,34,35). The van der Waals surface area contributed by atoms with Crippen molar-refractivity contribution in [2.24, 2.45) is 56.7 Å². The van der Waals surface area contributed by atoms with Crippen LogP contribution in [-0.2, 0) is 4.79 Å². The first-order chi connectivity index (χ1) is 16.3. The van der Waals surface area contributed by atoms with E-state index in [1.54, 1.807) is 0 Å². The van der Waals surface area contributed by atoms with Gasteiger partial charge in [0, 0.05) is 12.0 Å². The van der Waals surface area contributed by atoms with Crippen molar-refractivity contribution in [3.05, 3.63) is 11.6 Å². The molecule has 9 unspecified atom stereocenters. The Morgan fingerprint density at radius 3 is 2.26 bits per heavy atom. The minimum atomic E-state index is -0.640. The second kappa shape index (κ2) is 8.84. The highest BCUT2D eigenvalue weighted by Crippen LogP contribution is 2.74. The average Bonchev–Trinajstić information content (AvgIpc) is 2.81. The number of carboxylic acids is 1. The van der Waals surface area contributed by atoms with Crippen molar-refractivity contribution in [2.75, 3.05) is 19.8 Å². The molecule has 0 saturated heterocycles. The van der Waals surface area contributed by atoms with Crippen LogP contribution in [0.4, 0.5) is 0 Å². The summed E-state index contributed by atoms with van der Waals surface area (Å²) in [6.45, 7) is 13.7. The minimum Gasteiger partial charge on any atom is -0.481 e. The quantitative estimate of drug-likeness (QED) is 0.380. The molecule has 0 spiro atoms. The molecule has 0 aliphatic heterocycles. The van der Waals surface area contributed by atoms with Crippen molar-refractivity contribution >= 4 is 5.97 Å². The Balaban J connectivity index is 1.84. The Hall–Kier alpha value is -0.910. The number of carbonyl (C=O) groups is 1. The monoisotopic (exact) mass is 490 g/mol. The molecule has 0 bridgehead atoms. The van der Waals surface area contributed by atoms with Gasteiger partial charge in [0.15, 0.2) is 0 Å². The van der Waals surface area contributed by atoms with Crippen molar-refractivity contribution in [1.82, 2.24) is 0 Å². The van der Waals surface area contributed by atoms with Crippen LogP contribution in [0.5, 0.6) is 0 Å². The van der Waals surface area contributed by atoms with Crippen LogP contribution in [0.1, 0.15) is 92.9 Å². The summed E-state index contributed by atoms with van der Waals surface area (Å²) < 4.78 is 0. The number of hydrogen-bond acceptors (Lipinski definition) is 4. The highest BCUT2D eigenvalue weighted by molar-refractivity contribution is 5.76. The molecule has 35 heavy (non-hydrogen) atoms. The van der Waals surface area contributed by atoms with Gasteiger partial charge in [-0.25, -0.2) is 0 Å². The third kappa shape index (κ3) is 3.46. The van der Waals surface area contributed by atoms with E-state index >= 15 is 0 Å². The molecule has 0 aromatic carbocycles. The Morgan fingerprint density at radius 2 is 1.69 bits per heavy atom. The van der Waals surface area contributed by atoms with Crippen LogP contribution in [0.25, 0.3) is 0 Å². The van der Waals surface area contributed by atoms with E-state index in [1.165, 1.54) is 5.57 Å². The van der Waals surface area contributed by atoms with Crippen molar-refractivity contribution in [1.29, 1.82) is 0 Å². The Kier molecular flexibility index (Phi) is 6.85. The number of aliphatic hydroxyl groups excluding tert-OH is 3. The molecule has 0 amide bonds. The second-order valence-electron chi connectivity index (χ2n) is 14.1. The van der Waals surface area contributed by atoms with E-state index in [0.29, 0.717) is 24.2 Å². The minimum absolute atomic E-state index is 0.0195. The fraction of sp³-hybridized carbons (Fsp3) is 0.900. The van der Waals surface area contributed by atoms with Crippen LogP contribution in [0.15, 0.2) is 11.6 Å². The molecule has 4 N–H and O–H groups in total. The van der Waals surface area contributed by atoms with Crippen LogP contribution in [-0.4, -0.2) is 46.2 Å². The molecular formula is C30H50O5. The molecule has 9 atom stereocenters. The maximum atomic E-state index is 12.8. The van der Waals surface area contributed by atoms with Gasteiger partial charge in [0.05, 0.1) is 18.6 Å². The lowest BCUT2D eigenvalue weighted by molar-refractivity contribution is -0.190. The van der Waals surface area contributed by atoms with Crippen LogP contribution < -0.4 is 0 Å². The van der Waals surface area contributed by atoms with Gasteiger partial charge in [-0.2, -0.15) is 0 Å². The van der Waals surface area contributed by atoms with Crippen LogP contribution in [0.3, 0.4) is 0 Å². The molecule has 0 aromatic rings. The van der Waals surface area contributed by atoms with Gasteiger partial charge in [0.25, 0.3) is 0 Å². The van der Waals surface area contributed by atoms with Gasteiger partial charge in [-0.1, -0.05) is 53.2 Å². The molecule has 0 radical (unpaired) electrons. The molecule has 0 heterocycles. The molecule has 0 aromatic heterocycles. The zero-order valence-electron chi connectivity index (χ0n) is 22.9. The summed E-state index contributed by atoms with van der Waals surface area (Å²) in [5.41, 5.74) is -0.150. The van der Waals surface area contributed by atoms with E-state index in [0.717, 1.165) is 44.9 Å². The molecule has 5 heteroatoms. The van der Waals surface area contributed by atoms with E-state index in [-0.39, 0.29) is 47.9 Å². The molecule has 3 fully saturated rings. The van der Waals surface area contributed by atoms with Gasteiger partial charge in [-0.15, -0.1) is 0 Å². The third-order valence-corrected chi connectivity index (χ3v) is 12.9. The second-order valence-corrected chi connectivity index (χ2v) is 14.1. The number of rotatable bonds is 6. The van der Waals surface area contributed by atoms with Gasteiger partial charge in [0.2, 0.25) is 0 Å². The zero-order valence-corrected chi connectivity index (χ0v) is 22.9. The Bertz CT molecular complexity index is 863. The predicted octanol–water partition coefficient (Wildman–Crippen LogP) is 5.28. The van der Waals surface area contributed by atoms with Gasteiger partial charge in [-0.3, -0.25) is 4.79 Å². The maximum Gasteiger partial charge on any atom is 0.310 e. The SMILES string of the molecule is CC1CCC2(C(=O)O)CCC3(C)C(=CCC4C(C)(CCO)C(C(C)(CO)CO)CCC43C)C2C1C. The molecule has 3 saturated carbocycles. The number of allylic oxidation sites excluding steroid dienone is 2. The highest BCUT2D eigenvalue weighted by atomic mass is 16.4. The first kappa shape index (κ1) is 27.1. The summed E-state index contributed by atoms with van der Waals surface area (Å²) in [4.78, 5) is 12.8. The lowest BCUT2D eigenvalue weighted by Gasteiger charge is -2.70. The molecule has 4 aliphatic carbocycles. The van der Waals surface area contributed by atoms with Gasteiger partial charge in [-0.05, 0) is 97.2 Å². The van der Waals surface area contributed by atoms with Crippen molar-refractivity contribution in [2.45, 2.75) is 92.9 Å². The van der Waals surface area contributed by atoms with Crippen LogP contribution >= 0.6 is 0 Å². The predicted molar refractivity (Wildman–Crippen MR) is 138 cm³/mol. The van der Waals surface area contributed by atoms with Crippen LogP contribution in [0.2, 0.25) is 0 Å². The summed E-state index contributed by atoms with van der Waals surface area (Å²) in [6, 6.07) is 0. The summed E-state index contributed by atoms with van der Waals surface area (Å²) in [5.74, 6) is 0.767. The number of fused-ring (bicyclic) bond motifs is 5. The van der Waals surface area contributed by atoms with E-state index in [2.05, 4.69) is 40.7 Å². The molecule has 4 aliphatic rings. The first-order valence-electron chi connectivity index (χ1n) is 14.1. The first-order valence-corrected chi connectivity index (χ1v) is 14.1. The summed E-state index contributed by atoms with van der Waals surface area (Å²) in [7, 11) is 0. The largest absolute Gasteiger partial charge is 0.481 e. The van der Waals surface area contributed by atoms with Gasteiger partial charge >= 0.3 is 5.97 Å². The Morgan fingerprint density at radius 1 is 1.03 bits per heavy atom. The number of aliphatic hydroxyl groups is 3. The van der Waals surface area contributed by atoms with Crippen LogP contribution in [0, 0.1) is 56.7 Å². The molecule has 4 rings (SSSR count). The average molecular weight is 491 g/mol. The lowest BCUT2D eigenvalue weighted by atomic mass is 9.34. The van der Waals surface area contributed by atoms with Crippen molar-refractivity contribution in [3.63, 3.8) is 0 Å². The summed E-state index contributed by atoms with van der Waals surface area (Å²) in [6.07, 6.45) is 9.28. The summed E-state index contributed by atoms with van der Waals surface area (Å²) >= 11 is 0. The zero-order chi connectivity index (χ0) is 26.0. The smallest absolute Gasteiger partial charge is 0.310 e. The van der Waals surface area contributed by atoms with Crippen molar-refractivity contribution in [3.8, 4) is 0 Å². The third-order valence-electron chi connectivity index (χ3n) is 12.9. The summed E-state index contributed by atoms with van der Waals surface area (Å²) in [5, 5.41) is 41.3. The maximum absolute atomic E-state index is 12.8. The topological polar surface area (TPSA) is 98.0 Å². The number of carboxylic acid groups (broad SMARTS) is 1. The van der Waals surface area contributed by atoms with E-state index in [9.17, 15) is 25.2 Å².